The Hall–Kier alpha value is -0.710. The van der Waals surface area contributed by atoms with Crippen molar-refractivity contribution in [1.29, 1.82) is 0 Å². The highest BCUT2D eigenvalue weighted by atomic mass is 32.2. The number of hydrogen-bond donors (Lipinski definition) is 2. The maximum Gasteiger partial charge on any atom is 0.122 e. The summed E-state index contributed by atoms with van der Waals surface area (Å²) in [6.45, 7) is 3.10. The van der Waals surface area contributed by atoms with Gasteiger partial charge in [-0.1, -0.05) is 18.2 Å². The second kappa shape index (κ2) is 7.67. The summed E-state index contributed by atoms with van der Waals surface area (Å²) in [6.07, 6.45) is 0.897. The van der Waals surface area contributed by atoms with Crippen LogP contribution in [0.4, 0.5) is 0 Å². The third kappa shape index (κ3) is 3.90. The van der Waals surface area contributed by atoms with Crippen LogP contribution in [0.25, 0.3) is 0 Å². The Morgan fingerprint density at radius 1 is 1.33 bits per heavy atom. The fourth-order valence-corrected chi connectivity index (χ4v) is 2.91. The van der Waals surface area contributed by atoms with Gasteiger partial charge in [0.05, 0.1) is 6.61 Å². The van der Waals surface area contributed by atoms with Crippen molar-refractivity contribution in [1.82, 2.24) is 5.32 Å². The molecule has 100 valence electrons. The van der Waals surface area contributed by atoms with Crippen LogP contribution in [0.5, 0.6) is 5.75 Å². The van der Waals surface area contributed by atoms with Crippen molar-refractivity contribution in [3.05, 3.63) is 29.8 Å². The van der Waals surface area contributed by atoms with Crippen LogP contribution in [0.2, 0.25) is 0 Å². The molecule has 2 rings (SSSR count). The Bertz CT molecular complexity index is 359. The molecule has 1 aliphatic rings. The van der Waals surface area contributed by atoms with Gasteiger partial charge in [0, 0.05) is 36.9 Å². The number of ether oxygens (including phenoxy) is 1. The van der Waals surface area contributed by atoms with E-state index in [1.54, 1.807) is 0 Å². The monoisotopic (exact) mass is 267 g/mol. The number of aliphatic hydroxyl groups is 1. The average molecular weight is 267 g/mol. The molecular weight excluding hydrogens is 246 g/mol. The lowest BCUT2D eigenvalue weighted by atomic mass is 10.0. The lowest BCUT2D eigenvalue weighted by molar-refractivity contribution is 0.296. The van der Waals surface area contributed by atoms with Gasteiger partial charge in [0.15, 0.2) is 0 Å². The molecular formula is C14H21NO2S. The molecule has 18 heavy (non-hydrogen) atoms. The summed E-state index contributed by atoms with van der Waals surface area (Å²) in [6, 6.07) is 8.29. The quantitative estimate of drug-likeness (QED) is 0.706. The summed E-state index contributed by atoms with van der Waals surface area (Å²) >= 11 is 1.89. The van der Waals surface area contributed by atoms with Crippen molar-refractivity contribution in [2.45, 2.75) is 12.3 Å². The lowest BCUT2D eigenvalue weighted by Crippen LogP contribution is -2.24. The number of rotatable bonds is 8. The molecule has 0 aliphatic carbocycles. The molecule has 3 nitrogen and oxygen atoms in total. The summed E-state index contributed by atoms with van der Waals surface area (Å²) < 4.78 is 5.65. The van der Waals surface area contributed by atoms with E-state index >= 15 is 0 Å². The second-order valence-electron chi connectivity index (χ2n) is 4.44. The largest absolute Gasteiger partial charge is 0.493 e. The van der Waals surface area contributed by atoms with Gasteiger partial charge in [0.25, 0.3) is 0 Å². The molecule has 0 bridgehead atoms. The van der Waals surface area contributed by atoms with E-state index in [0.29, 0.717) is 12.5 Å². The fraction of sp³-hybridized carbons (Fsp3) is 0.571. The summed E-state index contributed by atoms with van der Waals surface area (Å²) in [7, 11) is 0. The zero-order chi connectivity index (χ0) is 12.6. The number of nitrogens with one attached hydrogen (secondary N) is 1. The Labute approximate surface area is 113 Å². The predicted octanol–water partition coefficient (Wildman–Crippen LogP) is 1.87. The maximum absolute atomic E-state index is 8.66. The molecule has 2 N–H and O–H groups in total. The number of para-hydroxylation sites is 1. The molecule has 0 saturated heterocycles. The average Bonchev–Trinajstić information content (AvgIpc) is 2.81. The number of thioether (sulfide) groups is 1. The van der Waals surface area contributed by atoms with Crippen molar-refractivity contribution in [3.8, 4) is 5.75 Å². The van der Waals surface area contributed by atoms with Gasteiger partial charge in [-0.3, -0.25) is 0 Å². The highest BCUT2D eigenvalue weighted by molar-refractivity contribution is 7.99. The van der Waals surface area contributed by atoms with E-state index in [-0.39, 0.29) is 0 Å². The van der Waals surface area contributed by atoms with E-state index in [0.717, 1.165) is 43.4 Å². The number of hydrogen-bond acceptors (Lipinski definition) is 4. The van der Waals surface area contributed by atoms with Gasteiger partial charge >= 0.3 is 0 Å². The van der Waals surface area contributed by atoms with Crippen LogP contribution in [0.1, 0.15) is 17.9 Å². The van der Waals surface area contributed by atoms with Crippen molar-refractivity contribution >= 4 is 11.8 Å². The molecule has 1 unspecified atom stereocenters. The van der Waals surface area contributed by atoms with E-state index in [1.807, 2.05) is 23.9 Å². The standard InChI is InChI=1S/C14H21NO2S/c16-7-3-8-18-9-6-15-10-12-11-17-14-5-2-1-4-13(12)14/h1-2,4-5,12,15-16H,3,6-11H2. The van der Waals surface area contributed by atoms with E-state index in [2.05, 4.69) is 17.4 Å². The Morgan fingerprint density at radius 3 is 3.11 bits per heavy atom. The van der Waals surface area contributed by atoms with Crippen molar-refractivity contribution < 1.29 is 9.84 Å². The van der Waals surface area contributed by atoms with Crippen LogP contribution >= 0.6 is 11.8 Å². The fourth-order valence-electron chi connectivity index (χ4n) is 2.09. The van der Waals surface area contributed by atoms with E-state index in [9.17, 15) is 0 Å². The first-order chi connectivity index (χ1) is 8.92. The van der Waals surface area contributed by atoms with Crippen LogP contribution in [-0.2, 0) is 0 Å². The Morgan fingerprint density at radius 2 is 2.22 bits per heavy atom. The summed E-state index contributed by atoms with van der Waals surface area (Å²) in [5.74, 6) is 3.69. The molecule has 1 heterocycles. The smallest absolute Gasteiger partial charge is 0.122 e. The molecule has 1 aromatic carbocycles. The third-order valence-electron chi connectivity index (χ3n) is 3.06. The Balaban J connectivity index is 1.61. The molecule has 0 spiro atoms. The van der Waals surface area contributed by atoms with Crippen molar-refractivity contribution in [2.75, 3.05) is 37.8 Å². The normalized spacial score (nSPS) is 17.5. The molecule has 1 atom stereocenters. The van der Waals surface area contributed by atoms with Crippen LogP contribution in [0.3, 0.4) is 0 Å². The number of fused-ring (bicyclic) bond motifs is 1. The van der Waals surface area contributed by atoms with Gasteiger partial charge in [0.2, 0.25) is 0 Å². The van der Waals surface area contributed by atoms with Crippen LogP contribution in [-0.4, -0.2) is 42.9 Å². The second-order valence-corrected chi connectivity index (χ2v) is 5.66. The maximum atomic E-state index is 8.66. The first-order valence-electron chi connectivity index (χ1n) is 6.53. The van der Waals surface area contributed by atoms with Gasteiger partial charge in [-0.05, 0) is 18.2 Å². The van der Waals surface area contributed by atoms with Gasteiger partial charge in [0.1, 0.15) is 5.75 Å². The molecule has 0 fully saturated rings. The highest BCUT2D eigenvalue weighted by Crippen LogP contribution is 2.32. The minimum atomic E-state index is 0.302. The summed E-state index contributed by atoms with van der Waals surface area (Å²) in [5.41, 5.74) is 1.33. The van der Waals surface area contributed by atoms with Gasteiger partial charge in [-0.25, -0.2) is 0 Å². The first-order valence-corrected chi connectivity index (χ1v) is 7.68. The summed E-state index contributed by atoms with van der Waals surface area (Å²) in [5, 5.41) is 12.1. The SMILES string of the molecule is OCCCSCCNCC1COc2ccccc21. The molecule has 1 aliphatic heterocycles. The molecule has 4 heteroatoms. The van der Waals surface area contributed by atoms with E-state index in [4.69, 9.17) is 9.84 Å². The molecule has 0 radical (unpaired) electrons. The first kappa shape index (κ1) is 13.7. The van der Waals surface area contributed by atoms with Crippen LogP contribution < -0.4 is 10.1 Å². The minimum Gasteiger partial charge on any atom is -0.493 e. The zero-order valence-electron chi connectivity index (χ0n) is 10.6. The molecule has 0 amide bonds. The lowest BCUT2D eigenvalue weighted by Gasteiger charge is -2.10. The van der Waals surface area contributed by atoms with E-state index < -0.39 is 0 Å². The number of aliphatic hydroxyl groups excluding tert-OH is 1. The minimum absolute atomic E-state index is 0.302. The van der Waals surface area contributed by atoms with Gasteiger partial charge in [-0.2, -0.15) is 11.8 Å². The van der Waals surface area contributed by atoms with Crippen LogP contribution in [0.15, 0.2) is 24.3 Å². The van der Waals surface area contributed by atoms with Gasteiger partial charge < -0.3 is 15.2 Å². The van der Waals surface area contributed by atoms with Crippen molar-refractivity contribution in [3.63, 3.8) is 0 Å². The highest BCUT2D eigenvalue weighted by Gasteiger charge is 2.22. The molecule has 0 aromatic heterocycles. The third-order valence-corrected chi connectivity index (χ3v) is 4.13. The predicted molar refractivity (Wildman–Crippen MR) is 76.6 cm³/mol. The molecule has 1 aromatic rings. The van der Waals surface area contributed by atoms with Crippen LogP contribution in [0, 0.1) is 0 Å². The summed E-state index contributed by atoms with van der Waals surface area (Å²) in [4.78, 5) is 0. The topological polar surface area (TPSA) is 41.5 Å². The molecule has 0 saturated carbocycles. The van der Waals surface area contributed by atoms with Gasteiger partial charge in [-0.15, -0.1) is 0 Å². The van der Waals surface area contributed by atoms with Crippen molar-refractivity contribution in [2.24, 2.45) is 0 Å². The van der Waals surface area contributed by atoms with E-state index in [1.165, 1.54) is 5.56 Å². The Kier molecular flexibility index (Phi) is 5.84. The number of benzene rings is 1. The zero-order valence-corrected chi connectivity index (χ0v) is 11.4.